The van der Waals surface area contributed by atoms with E-state index < -0.39 is 0 Å². The second-order valence-electron chi connectivity index (χ2n) is 6.09. The molecule has 0 unspecified atom stereocenters. The molecule has 5 nitrogen and oxygen atoms in total. The molecule has 0 aliphatic rings. The SMILES string of the molecule is CCCNC(=O)CN(C)CC(=O)N[C@H](c1ccc(F)cc1)c1cccs1. The molecule has 2 rings (SSSR count). The van der Waals surface area contributed by atoms with Gasteiger partial charge in [-0.15, -0.1) is 11.3 Å². The number of nitrogens with zero attached hydrogens (tertiary/aromatic N) is 1. The molecule has 1 aromatic heterocycles. The highest BCUT2D eigenvalue weighted by molar-refractivity contribution is 7.10. The number of hydrogen-bond donors (Lipinski definition) is 2. The molecule has 0 saturated carbocycles. The van der Waals surface area contributed by atoms with E-state index in [1.807, 2.05) is 24.4 Å². The fraction of sp³-hybridized carbons (Fsp3) is 0.368. The van der Waals surface area contributed by atoms with Crippen LogP contribution >= 0.6 is 11.3 Å². The first kappa shape index (κ1) is 20.1. The van der Waals surface area contributed by atoms with E-state index in [1.54, 1.807) is 24.1 Å². The average molecular weight is 377 g/mol. The fourth-order valence-electron chi connectivity index (χ4n) is 2.50. The molecule has 0 aliphatic heterocycles. The number of rotatable bonds is 9. The summed E-state index contributed by atoms with van der Waals surface area (Å²) in [5.74, 6) is -0.614. The maximum atomic E-state index is 13.2. The third-order valence-corrected chi connectivity index (χ3v) is 4.67. The lowest BCUT2D eigenvalue weighted by molar-refractivity contribution is -0.124. The molecule has 2 N–H and O–H groups in total. The average Bonchev–Trinajstić information content (AvgIpc) is 3.13. The van der Waals surface area contributed by atoms with E-state index in [0.29, 0.717) is 6.54 Å². The quantitative estimate of drug-likeness (QED) is 0.706. The Morgan fingerprint density at radius 1 is 1.15 bits per heavy atom. The lowest BCUT2D eigenvalue weighted by Gasteiger charge is -2.21. The van der Waals surface area contributed by atoms with Gasteiger partial charge in [-0.05, 0) is 42.6 Å². The van der Waals surface area contributed by atoms with E-state index in [2.05, 4.69) is 10.6 Å². The molecule has 7 heteroatoms. The zero-order chi connectivity index (χ0) is 18.9. The minimum Gasteiger partial charge on any atom is -0.355 e. The Kier molecular flexibility index (Phi) is 7.74. The molecule has 26 heavy (non-hydrogen) atoms. The van der Waals surface area contributed by atoms with Crippen molar-refractivity contribution in [1.29, 1.82) is 0 Å². The summed E-state index contributed by atoms with van der Waals surface area (Å²) in [4.78, 5) is 26.8. The van der Waals surface area contributed by atoms with Gasteiger partial charge in [0.2, 0.25) is 11.8 Å². The summed E-state index contributed by atoms with van der Waals surface area (Å²) in [6.07, 6.45) is 0.871. The van der Waals surface area contributed by atoms with E-state index in [9.17, 15) is 14.0 Å². The lowest BCUT2D eigenvalue weighted by Crippen LogP contribution is -2.42. The van der Waals surface area contributed by atoms with Crippen molar-refractivity contribution in [3.8, 4) is 0 Å². The molecular weight excluding hydrogens is 353 g/mol. The molecule has 0 fully saturated rings. The number of hydrogen-bond acceptors (Lipinski definition) is 4. The zero-order valence-corrected chi connectivity index (χ0v) is 15.8. The van der Waals surface area contributed by atoms with Crippen LogP contribution in [0.4, 0.5) is 4.39 Å². The molecular formula is C19H24FN3O2S. The summed E-state index contributed by atoms with van der Waals surface area (Å²) < 4.78 is 13.2. The van der Waals surface area contributed by atoms with Gasteiger partial charge in [-0.2, -0.15) is 0 Å². The Labute approximate surface area is 157 Å². The van der Waals surface area contributed by atoms with Crippen molar-refractivity contribution in [2.45, 2.75) is 19.4 Å². The van der Waals surface area contributed by atoms with Crippen LogP contribution in [-0.4, -0.2) is 43.4 Å². The molecule has 0 radical (unpaired) electrons. The van der Waals surface area contributed by atoms with Crippen LogP contribution in [0.3, 0.4) is 0 Å². The summed E-state index contributed by atoms with van der Waals surface area (Å²) in [6.45, 7) is 2.87. The van der Waals surface area contributed by atoms with Crippen molar-refractivity contribution in [3.63, 3.8) is 0 Å². The molecule has 140 valence electrons. The number of nitrogens with one attached hydrogen (secondary N) is 2. The normalized spacial score (nSPS) is 12.0. The first-order chi connectivity index (χ1) is 12.5. The van der Waals surface area contributed by atoms with Gasteiger partial charge >= 0.3 is 0 Å². The molecule has 2 amide bonds. The summed E-state index contributed by atoms with van der Waals surface area (Å²) >= 11 is 1.52. The number of thiophene rings is 1. The van der Waals surface area contributed by atoms with Crippen LogP contribution in [0.25, 0.3) is 0 Å². The van der Waals surface area contributed by atoms with Gasteiger partial charge < -0.3 is 10.6 Å². The third kappa shape index (κ3) is 6.24. The molecule has 1 atom stereocenters. The van der Waals surface area contributed by atoms with Crippen molar-refractivity contribution in [1.82, 2.24) is 15.5 Å². The van der Waals surface area contributed by atoms with Gasteiger partial charge in [0.1, 0.15) is 5.82 Å². The van der Waals surface area contributed by atoms with Crippen LogP contribution in [0.15, 0.2) is 41.8 Å². The monoisotopic (exact) mass is 377 g/mol. The van der Waals surface area contributed by atoms with Crippen molar-refractivity contribution in [2.75, 3.05) is 26.7 Å². The number of halogens is 1. The maximum Gasteiger partial charge on any atom is 0.234 e. The number of carbonyl (C=O) groups is 2. The Bertz CT molecular complexity index is 704. The van der Waals surface area contributed by atoms with Gasteiger partial charge in [-0.3, -0.25) is 14.5 Å². The predicted molar refractivity (Wildman–Crippen MR) is 102 cm³/mol. The van der Waals surface area contributed by atoms with E-state index in [-0.39, 0.29) is 36.8 Å². The fourth-order valence-corrected chi connectivity index (χ4v) is 3.31. The van der Waals surface area contributed by atoms with Crippen molar-refractivity contribution < 1.29 is 14.0 Å². The van der Waals surface area contributed by atoms with Crippen LogP contribution in [0.2, 0.25) is 0 Å². The molecule has 0 saturated heterocycles. The molecule has 0 aliphatic carbocycles. The summed E-state index contributed by atoms with van der Waals surface area (Å²) in [5.41, 5.74) is 0.811. The third-order valence-electron chi connectivity index (χ3n) is 3.74. The Balaban J connectivity index is 1.98. The van der Waals surface area contributed by atoms with Crippen LogP contribution in [0.5, 0.6) is 0 Å². The summed E-state index contributed by atoms with van der Waals surface area (Å²) in [5, 5.41) is 7.70. The first-order valence-electron chi connectivity index (χ1n) is 8.53. The van der Waals surface area contributed by atoms with Gasteiger partial charge in [0, 0.05) is 11.4 Å². The highest BCUT2D eigenvalue weighted by Crippen LogP contribution is 2.26. The van der Waals surface area contributed by atoms with Crippen molar-refractivity contribution in [3.05, 3.63) is 58.0 Å². The van der Waals surface area contributed by atoms with E-state index in [4.69, 9.17) is 0 Å². The highest BCUT2D eigenvalue weighted by atomic mass is 32.1. The van der Waals surface area contributed by atoms with Gasteiger partial charge in [0.15, 0.2) is 0 Å². The van der Waals surface area contributed by atoms with Crippen molar-refractivity contribution in [2.24, 2.45) is 0 Å². The highest BCUT2D eigenvalue weighted by Gasteiger charge is 2.19. The van der Waals surface area contributed by atoms with Crippen LogP contribution in [-0.2, 0) is 9.59 Å². The minimum absolute atomic E-state index is 0.0998. The van der Waals surface area contributed by atoms with E-state index in [1.165, 1.54) is 23.5 Å². The Hall–Kier alpha value is -2.25. The topological polar surface area (TPSA) is 61.4 Å². The standard InChI is InChI=1S/C19H24FN3O2S/c1-3-10-21-17(24)12-23(2)13-18(25)22-19(16-5-4-11-26-16)14-6-8-15(20)9-7-14/h4-9,11,19H,3,10,12-13H2,1-2H3,(H,21,24)(H,22,25)/t19-/m1/s1. The van der Waals surface area contributed by atoms with E-state index in [0.717, 1.165) is 16.9 Å². The van der Waals surface area contributed by atoms with Crippen LogP contribution < -0.4 is 10.6 Å². The molecule has 0 bridgehead atoms. The first-order valence-corrected chi connectivity index (χ1v) is 9.41. The van der Waals surface area contributed by atoms with Gasteiger partial charge in [0.05, 0.1) is 19.1 Å². The molecule has 1 aromatic carbocycles. The smallest absolute Gasteiger partial charge is 0.234 e. The predicted octanol–water partition coefficient (Wildman–Crippen LogP) is 2.55. The second-order valence-corrected chi connectivity index (χ2v) is 7.07. The van der Waals surface area contributed by atoms with Gasteiger partial charge in [-0.1, -0.05) is 25.1 Å². The summed E-state index contributed by atoms with van der Waals surface area (Å²) in [6, 6.07) is 9.60. The van der Waals surface area contributed by atoms with E-state index >= 15 is 0 Å². The maximum absolute atomic E-state index is 13.2. The van der Waals surface area contributed by atoms with Crippen LogP contribution in [0.1, 0.15) is 29.8 Å². The largest absolute Gasteiger partial charge is 0.355 e. The number of carbonyl (C=O) groups excluding carboxylic acids is 2. The molecule has 1 heterocycles. The number of likely N-dealkylation sites (N-methyl/N-ethyl adjacent to an activating group) is 1. The Morgan fingerprint density at radius 3 is 2.46 bits per heavy atom. The minimum atomic E-state index is -0.342. The van der Waals surface area contributed by atoms with Gasteiger partial charge in [-0.25, -0.2) is 4.39 Å². The molecule has 0 spiro atoms. The zero-order valence-electron chi connectivity index (χ0n) is 15.0. The van der Waals surface area contributed by atoms with Crippen molar-refractivity contribution >= 4 is 23.2 Å². The summed E-state index contributed by atoms with van der Waals surface area (Å²) in [7, 11) is 1.73. The molecule has 2 aromatic rings. The lowest BCUT2D eigenvalue weighted by atomic mass is 10.1. The Morgan fingerprint density at radius 2 is 1.85 bits per heavy atom. The second kappa shape index (κ2) is 10.0. The van der Waals surface area contributed by atoms with Gasteiger partial charge in [0.25, 0.3) is 0 Å². The van der Waals surface area contributed by atoms with Crippen LogP contribution in [0, 0.1) is 5.82 Å². The number of amides is 2. The number of benzene rings is 1.